The van der Waals surface area contributed by atoms with E-state index >= 15 is 0 Å². The van der Waals surface area contributed by atoms with Gasteiger partial charge in [-0.25, -0.2) is 9.97 Å². The predicted molar refractivity (Wildman–Crippen MR) is 60.4 cm³/mol. The van der Waals surface area contributed by atoms with Crippen LogP contribution < -0.4 is 5.73 Å². The van der Waals surface area contributed by atoms with Gasteiger partial charge in [0.05, 0.1) is 0 Å². The van der Waals surface area contributed by atoms with Crippen molar-refractivity contribution in [2.24, 2.45) is 5.73 Å². The molecule has 0 unspecified atom stereocenters. The summed E-state index contributed by atoms with van der Waals surface area (Å²) >= 11 is 0. The van der Waals surface area contributed by atoms with Gasteiger partial charge in [0.1, 0.15) is 5.69 Å². The van der Waals surface area contributed by atoms with Crippen molar-refractivity contribution >= 4 is 0 Å². The molecule has 2 rings (SSSR count). The van der Waals surface area contributed by atoms with Gasteiger partial charge in [0.25, 0.3) is 0 Å². The van der Waals surface area contributed by atoms with Gasteiger partial charge < -0.3 is 5.73 Å². The highest BCUT2D eigenvalue weighted by molar-refractivity contribution is 5.56. The molecule has 2 aromatic rings. The molecule has 1 heterocycles. The SMILES string of the molecule is NCc1cccc(-c2nccc(C(F)(F)F)n2)c1. The Morgan fingerprint density at radius 1 is 1.17 bits per heavy atom. The standard InChI is InChI=1S/C12H10F3N3/c13-12(14,15)10-4-5-17-11(18-10)9-3-1-2-8(6-9)7-16/h1-6H,7,16H2. The third-order valence-electron chi connectivity index (χ3n) is 2.37. The van der Waals surface area contributed by atoms with Crippen LogP contribution in [0.15, 0.2) is 36.5 Å². The molecule has 2 N–H and O–H groups in total. The molecule has 0 aliphatic heterocycles. The Morgan fingerprint density at radius 2 is 1.94 bits per heavy atom. The smallest absolute Gasteiger partial charge is 0.326 e. The fraction of sp³-hybridized carbons (Fsp3) is 0.167. The zero-order valence-electron chi connectivity index (χ0n) is 9.28. The maximum absolute atomic E-state index is 12.5. The highest BCUT2D eigenvalue weighted by atomic mass is 19.4. The fourth-order valence-corrected chi connectivity index (χ4v) is 1.49. The summed E-state index contributed by atoms with van der Waals surface area (Å²) in [6.45, 7) is 0.312. The zero-order valence-corrected chi connectivity index (χ0v) is 9.28. The van der Waals surface area contributed by atoms with E-state index in [1.165, 1.54) is 0 Å². The minimum Gasteiger partial charge on any atom is -0.326 e. The number of aromatic nitrogens is 2. The molecule has 0 radical (unpaired) electrons. The van der Waals surface area contributed by atoms with E-state index in [1.54, 1.807) is 24.3 Å². The van der Waals surface area contributed by atoms with Gasteiger partial charge in [-0.1, -0.05) is 18.2 Å². The van der Waals surface area contributed by atoms with Crippen molar-refractivity contribution in [3.05, 3.63) is 47.8 Å². The Hall–Kier alpha value is -1.95. The van der Waals surface area contributed by atoms with E-state index in [9.17, 15) is 13.2 Å². The normalized spacial score (nSPS) is 11.6. The molecule has 18 heavy (non-hydrogen) atoms. The summed E-state index contributed by atoms with van der Waals surface area (Å²) in [5.41, 5.74) is 5.85. The van der Waals surface area contributed by atoms with Gasteiger partial charge in [-0.15, -0.1) is 0 Å². The molecule has 0 fully saturated rings. The highest BCUT2D eigenvalue weighted by Crippen LogP contribution is 2.28. The summed E-state index contributed by atoms with van der Waals surface area (Å²) in [6.07, 6.45) is -3.37. The minimum atomic E-state index is -4.47. The summed E-state index contributed by atoms with van der Waals surface area (Å²) in [5.74, 6) is 0.0418. The van der Waals surface area contributed by atoms with Crippen LogP contribution in [0.5, 0.6) is 0 Å². The summed E-state index contributed by atoms with van der Waals surface area (Å²) in [5, 5.41) is 0. The maximum atomic E-state index is 12.5. The van der Waals surface area contributed by atoms with Crippen molar-refractivity contribution in [2.75, 3.05) is 0 Å². The van der Waals surface area contributed by atoms with Crippen molar-refractivity contribution in [1.82, 2.24) is 9.97 Å². The lowest BCUT2D eigenvalue weighted by atomic mass is 10.1. The Kier molecular flexibility index (Phi) is 3.29. The average molecular weight is 253 g/mol. The molecule has 0 bridgehead atoms. The number of nitrogens with zero attached hydrogens (tertiary/aromatic N) is 2. The maximum Gasteiger partial charge on any atom is 0.433 e. The number of benzene rings is 1. The van der Waals surface area contributed by atoms with Crippen LogP contribution in [0.3, 0.4) is 0 Å². The second kappa shape index (κ2) is 4.73. The number of rotatable bonds is 2. The lowest BCUT2D eigenvalue weighted by Crippen LogP contribution is -2.09. The van der Waals surface area contributed by atoms with Crippen LogP contribution in [0.25, 0.3) is 11.4 Å². The lowest BCUT2D eigenvalue weighted by molar-refractivity contribution is -0.141. The van der Waals surface area contributed by atoms with Crippen LogP contribution >= 0.6 is 0 Å². The van der Waals surface area contributed by atoms with Gasteiger partial charge in [-0.2, -0.15) is 13.2 Å². The molecule has 0 saturated heterocycles. The highest BCUT2D eigenvalue weighted by Gasteiger charge is 2.32. The molecule has 0 saturated carbocycles. The van der Waals surface area contributed by atoms with Gasteiger partial charge in [0.15, 0.2) is 5.82 Å². The van der Waals surface area contributed by atoms with Gasteiger partial charge in [0.2, 0.25) is 0 Å². The van der Waals surface area contributed by atoms with Crippen molar-refractivity contribution in [1.29, 1.82) is 0 Å². The van der Waals surface area contributed by atoms with Crippen molar-refractivity contribution in [2.45, 2.75) is 12.7 Å². The number of halogens is 3. The Labute approximate surface area is 101 Å². The number of alkyl halides is 3. The topological polar surface area (TPSA) is 51.8 Å². The predicted octanol–water partition coefficient (Wildman–Crippen LogP) is 2.62. The van der Waals surface area contributed by atoms with Crippen LogP contribution in [0.4, 0.5) is 13.2 Å². The van der Waals surface area contributed by atoms with E-state index in [-0.39, 0.29) is 5.82 Å². The third-order valence-corrected chi connectivity index (χ3v) is 2.37. The second-order valence-corrected chi connectivity index (χ2v) is 3.67. The Balaban J connectivity index is 2.44. The molecular formula is C12H10F3N3. The molecule has 3 nitrogen and oxygen atoms in total. The summed E-state index contributed by atoms with van der Waals surface area (Å²) < 4.78 is 37.6. The van der Waals surface area contributed by atoms with Gasteiger partial charge >= 0.3 is 6.18 Å². The molecule has 0 aliphatic carbocycles. The summed E-state index contributed by atoms with van der Waals surface area (Å²) in [4.78, 5) is 7.36. The second-order valence-electron chi connectivity index (χ2n) is 3.67. The summed E-state index contributed by atoms with van der Waals surface area (Å²) in [6, 6.07) is 7.67. The Morgan fingerprint density at radius 3 is 2.61 bits per heavy atom. The fourth-order valence-electron chi connectivity index (χ4n) is 1.49. The van der Waals surface area contributed by atoms with E-state index in [4.69, 9.17) is 5.73 Å². The Bertz CT molecular complexity index is 552. The van der Waals surface area contributed by atoms with Crippen molar-refractivity contribution in [3.8, 4) is 11.4 Å². The van der Waals surface area contributed by atoms with E-state index in [1.807, 2.05) is 0 Å². The van der Waals surface area contributed by atoms with Crippen molar-refractivity contribution in [3.63, 3.8) is 0 Å². The monoisotopic (exact) mass is 253 g/mol. The van der Waals surface area contributed by atoms with Gasteiger partial charge in [-0.05, 0) is 17.7 Å². The van der Waals surface area contributed by atoms with Crippen LogP contribution in [0.2, 0.25) is 0 Å². The van der Waals surface area contributed by atoms with E-state index < -0.39 is 11.9 Å². The number of hydrogen-bond acceptors (Lipinski definition) is 3. The number of nitrogens with two attached hydrogens (primary N) is 1. The molecule has 0 spiro atoms. The zero-order chi connectivity index (χ0) is 13.2. The first-order valence-corrected chi connectivity index (χ1v) is 5.20. The molecular weight excluding hydrogens is 243 g/mol. The molecule has 1 aromatic heterocycles. The van der Waals surface area contributed by atoms with E-state index in [0.717, 1.165) is 17.8 Å². The number of hydrogen-bond donors (Lipinski definition) is 1. The molecule has 1 aromatic carbocycles. The molecule has 0 atom stereocenters. The molecule has 0 amide bonds. The largest absolute Gasteiger partial charge is 0.433 e. The third kappa shape index (κ3) is 2.65. The molecule has 0 aliphatic rings. The van der Waals surface area contributed by atoms with Crippen LogP contribution in [-0.4, -0.2) is 9.97 Å². The molecule has 94 valence electrons. The first-order valence-electron chi connectivity index (χ1n) is 5.20. The summed E-state index contributed by atoms with van der Waals surface area (Å²) in [7, 11) is 0. The minimum absolute atomic E-state index is 0.0418. The van der Waals surface area contributed by atoms with Crippen molar-refractivity contribution < 1.29 is 13.2 Å². The van der Waals surface area contributed by atoms with Crippen LogP contribution in [-0.2, 0) is 12.7 Å². The van der Waals surface area contributed by atoms with Gasteiger partial charge in [-0.3, -0.25) is 0 Å². The van der Waals surface area contributed by atoms with Crippen LogP contribution in [0.1, 0.15) is 11.3 Å². The lowest BCUT2D eigenvalue weighted by Gasteiger charge is -2.07. The van der Waals surface area contributed by atoms with E-state index in [2.05, 4.69) is 9.97 Å². The first kappa shape index (κ1) is 12.5. The molecule has 6 heteroatoms. The average Bonchev–Trinajstić information content (AvgIpc) is 2.38. The quantitative estimate of drug-likeness (QED) is 0.895. The van der Waals surface area contributed by atoms with E-state index in [0.29, 0.717) is 12.1 Å². The van der Waals surface area contributed by atoms with Crippen LogP contribution in [0, 0.1) is 0 Å². The van der Waals surface area contributed by atoms with Gasteiger partial charge in [0, 0.05) is 18.3 Å². The first-order chi connectivity index (χ1) is 8.50.